The van der Waals surface area contributed by atoms with Gasteiger partial charge in [0, 0.05) is 10.6 Å². The van der Waals surface area contributed by atoms with Crippen molar-refractivity contribution in [1.29, 1.82) is 0 Å². The Kier molecular flexibility index (Phi) is 2.99. The number of carbonyl (C=O) groups excluding carboxylic acids is 1. The first-order valence-corrected chi connectivity index (χ1v) is 4.44. The summed E-state index contributed by atoms with van der Waals surface area (Å²) >= 11 is 1.36. The van der Waals surface area contributed by atoms with Crippen LogP contribution in [0.4, 0.5) is 5.69 Å². The Morgan fingerprint density at radius 3 is 2.67 bits per heavy atom. The normalized spacial score (nSPS) is 9.67. The number of carbonyl (C=O) groups is 1. The van der Waals surface area contributed by atoms with Gasteiger partial charge in [-0.25, -0.2) is 0 Å². The second kappa shape index (κ2) is 4.01. The third-order valence-corrected chi connectivity index (χ3v) is 2.40. The molecule has 0 fully saturated rings. The van der Waals surface area contributed by atoms with Crippen LogP contribution in [0.15, 0.2) is 29.2 Å². The molecule has 0 aromatic heterocycles. The zero-order valence-corrected chi connectivity index (χ0v) is 7.30. The average molecular weight is 182 g/mol. The van der Waals surface area contributed by atoms with Crippen molar-refractivity contribution in [3.63, 3.8) is 0 Å². The van der Waals surface area contributed by atoms with Crippen LogP contribution < -0.4 is 11.5 Å². The minimum Gasteiger partial charge on any atom is -0.398 e. The Balaban J connectivity index is 2.63. The smallest absolute Gasteiger partial charge is 0.227 e. The van der Waals surface area contributed by atoms with Crippen LogP contribution in [0.3, 0.4) is 0 Å². The largest absolute Gasteiger partial charge is 0.398 e. The molecule has 0 aliphatic rings. The first-order valence-electron chi connectivity index (χ1n) is 3.46. The number of hydrogen-bond acceptors (Lipinski definition) is 3. The summed E-state index contributed by atoms with van der Waals surface area (Å²) in [4.78, 5) is 11.3. The number of hydrogen-bond donors (Lipinski definition) is 2. The number of thioether (sulfide) groups is 1. The maximum Gasteiger partial charge on any atom is 0.227 e. The van der Waals surface area contributed by atoms with Gasteiger partial charge < -0.3 is 11.5 Å². The minimum absolute atomic E-state index is 0.272. The highest BCUT2D eigenvalue weighted by Gasteiger charge is 2.00. The minimum atomic E-state index is -0.330. The van der Waals surface area contributed by atoms with E-state index in [1.54, 1.807) is 6.07 Å². The lowest BCUT2D eigenvalue weighted by molar-refractivity contribution is -0.115. The summed E-state index contributed by atoms with van der Waals surface area (Å²) in [7, 11) is 0. The van der Waals surface area contributed by atoms with Crippen LogP contribution in [0.2, 0.25) is 0 Å². The van der Waals surface area contributed by atoms with Gasteiger partial charge in [0.25, 0.3) is 0 Å². The number of primary amides is 1. The van der Waals surface area contributed by atoms with Gasteiger partial charge in [-0.15, -0.1) is 11.8 Å². The summed E-state index contributed by atoms with van der Waals surface area (Å²) in [6.07, 6.45) is 0. The van der Waals surface area contributed by atoms with E-state index >= 15 is 0 Å². The fourth-order valence-corrected chi connectivity index (χ4v) is 1.47. The molecule has 1 aromatic rings. The number of amides is 1. The van der Waals surface area contributed by atoms with Gasteiger partial charge in [-0.3, -0.25) is 4.79 Å². The molecule has 1 aromatic carbocycles. The molecule has 64 valence electrons. The summed E-state index contributed by atoms with van der Waals surface area (Å²) in [5.74, 6) is -0.0583. The van der Waals surface area contributed by atoms with Gasteiger partial charge in [0.15, 0.2) is 0 Å². The van der Waals surface area contributed by atoms with Crippen molar-refractivity contribution in [3.05, 3.63) is 24.3 Å². The van der Waals surface area contributed by atoms with E-state index in [1.807, 2.05) is 18.2 Å². The molecule has 1 rings (SSSR count). The van der Waals surface area contributed by atoms with Crippen molar-refractivity contribution < 1.29 is 4.79 Å². The van der Waals surface area contributed by atoms with E-state index in [9.17, 15) is 4.79 Å². The highest BCUT2D eigenvalue weighted by atomic mass is 32.2. The molecule has 1 amide bonds. The Hall–Kier alpha value is -1.16. The van der Waals surface area contributed by atoms with E-state index in [2.05, 4.69) is 0 Å². The predicted molar refractivity (Wildman–Crippen MR) is 50.8 cm³/mol. The molecule has 0 spiro atoms. The molecule has 0 saturated heterocycles. The zero-order chi connectivity index (χ0) is 8.97. The zero-order valence-electron chi connectivity index (χ0n) is 6.49. The van der Waals surface area contributed by atoms with Crippen molar-refractivity contribution in [2.24, 2.45) is 5.73 Å². The molecule has 0 aliphatic carbocycles. The highest BCUT2D eigenvalue weighted by molar-refractivity contribution is 8.00. The molecular weight excluding hydrogens is 172 g/mol. The van der Waals surface area contributed by atoms with E-state index in [-0.39, 0.29) is 11.7 Å². The molecule has 0 atom stereocenters. The Morgan fingerprint density at radius 2 is 2.08 bits per heavy atom. The van der Waals surface area contributed by atoms with Gasteiger partial charge in [0.2, 0.25) is 5.91 Å². The predicted octanol–water partition coefficient (Wildman–Crippen LogP) is 0.846. The van der Waals surface area contributed by atoms with E-state index in [0.717, 1.165) is 4.90 Å². The van der Waals surface area contributed by atoms with Crippen LogP contribution in [-0.2, 0) is 4.79 Å². The van der Waals surface area contributed by atoms with Crippen LogP contribution in [-0.4, -0.2) is 11.7 Å². The third kappa shape index (κ3) is 2.47. The maximum absolute atomic E-state index is 10.4. The second-order valence-corrected chi connectivity index (χ2v) is 3.31. The molecule has 0 heterocycles. The molecule has 12 heavy (non-hydrogen) atoms. The van der Waals surface area contributed by atoms with E-state index in [1.165, 1.54) is 11.8 Å². The number of nitrogen functional groups attached to an aromatic ring is 1. The van der Waals surface area contributed by atoms with Gasteiger partial charge in [-0.1, -0.05) is 12.1 Å². The summed E-state index contributed by atoms with van der Waals surface area (Å²) in [6.45, 7) is 0. The lowest BCUT2D eigenvalue weighted by atomic mass is 10.3. The summed E-state index contributed by atoms with van der Waals surface area (Å²) in [5.41, 5.74) is 11.3. The fourth-order valence-electron chi connectivity index (χ4n) is 0.761. The van der Waals surface area contributed by atoms with Gasteiger partial charge >= 0.3 is 0 Å². The van der Waals surface area contributed by atoms with Gasteiger partial charge in [-0.2, -0.15) is 0 Å². The van der Waals surface area contributed by atoms with Crippen LogP contribution >= 0.6 is 11.8 Å². The van der Waals surface area contributed by atoms with Crippen LogP contribution in [0.1, 0.15) is 0 Å². The number of rotatable bonds is 3. The number of para-hydroxylation sites is 1. The van der Waals surface area contributed by atoms with Crippen LogP contribution in [0, 0.1) is 0 Å². The molecular formula is C8H10N2OS. The first kappa shape index (κ1) is 8.93. The average Bonchev–Trinajstić information content (AvgIpc) is 2.03. The molecule has 0 saturated carbocycles. The topological polar surface area (TPSA) is 69.1 Å². The van der Waals surface area contributed by atoms with E-state index < -0.39 is 0 Å². The van der Waals surface area contributed by atoms with Crippen molar-refractivity contribution in [2.45, 2.75) is 4.90 Å². The van der Waals surface area contributed by atoms with Gasteiger partial charge in [0.1, 0.15) is 0 Å². The Labute approximate surface area is 75.1 Å². The lowest BCUT2D eigenvalue weighted by Crippen LogP contribution is -2.13. The first-order chi connectivity index (χ1) is 5.70. The quantitative estimate of drug-likeness (QED) is 0.537. The lowest BCUT2D eigenvalue weighted by Gasteiger charge is -2.01. The number of nitrogens with two attached hydrogens (primary N) is 2. The Morgan fingerprint density at radius 1 is 1.42 bits per heavy atom. The van der Waals surface area contributed by atoms with Crippen LogP contribution in [0.5, 0.6) is 0 Å². The number of benzene rings is 1. The maximum atomic E-state index is 10.4. The standard InChI is InChI=1S/C8H10N2OS/c9-6-3-1-2-4-7(6)12-5-8(10)11/h1-4H,5,9H2,(H2,10,11). The van der Waals surface area contributed by atoms with Gasteiger partial charge in [-0.05, 0) is 12.1 Å². The van der Waals surface area contributed by atoms with Crippen LogP contribution in [0.25, 0.3) is 0 Å². The molecule has 0 bridgehead atoms. The highest BCUT2D eigenvalue weighted by Crippen LogP contribution is 2.23. The van der Waals surface area contributed by atoms with E-state index in [4.69, 9.17) is 11.5 Å². The number of anilines is 1. The molecule has 4 heteroatoms. The summed E-state index contributed by atoms with van der Waals surface area (Å²) in [6, 6.07) is 7.38. The van der Waals surface area contributed by atoms with Crippen molar-refractivity contribution >= 4 is 23.4 Å². The summed E-state index contributed by atoms with van der Waals surface area (Å²) in [5, 5.41) is 0. The van der Waals surface area contributed by atoms with Crippen molar-refractivity contribution in [1.82, 2.24) is 0 Å². The molecule has 0 unspecified atom stereocenters. The summed E-state index contributed by atoms with van der Waals surface area (Å²) < 4.78 is 0. The van der Waals surface area contributed by atoms with E-state index in [0.29, 0.717) is 5.69 Å². The van der Waals surface area contributed by atoms with Crippen molar-refractivity contribution in [2.75, 3.05) is 11.5 Å². The van der Waals surface area contributed by atoms with Crippen molar-refractivity contribution in [3.8, 4) is 0 Å². The third-order valence-electron chi connectivity index (χ3n) is 1.29. The second-order valence-electron chi connectivity index (χ2n) is 2.29. The Bertz CT molecular complexity index is 288. The van der Waals surface area contributed by atoms with Gasteiger partial charge in [0.05, 0.1) is 5.75 Å². The molecule has 0 aliphatic heterocycles. The molecule has 3 nitrogen and oxygen atoms in total. The SMILES string of the molecule is NC(=O)CSc1ccccc1N. The monoisotopic (exact) mass is 182 g/mol. The fraction of sp³-hybridized carbons (Fsp3) is 0.125. The molecule has 0 radical (unpaired) electrons. The molecule has 4 N–H and O–H groups in total.